The van der Waals surface area contributed by atoms with Crippen LogP contribution >= 0.6 is 0 Å². The van der Waals surface area contributed by atoms with Crippen molar-refractivity contribution in [1.29, 1.82) is 0 Å². The topological polar surface area (TPSA) is 57.7 Å². The van der Waals surface area contributed by atoms with E-state index in [4.69, 9.17) is 0 Å². The summed E-state index contributed by atoms with van der Waals surface area (Å²) in [7, 11) is -2.16. The van der Waals surface area contributed by atoms with E-state index in [0.29, 0.717) is 19.0 Å². The zero-order chi connectivity index (χ0) is 19.6. The van der Waals surface area contributed by atoms with Gasteiger partial charge in [-0.3, -0.25) is 4.79 Å². The lowest BCUT2D eigenvalue weighted by molar-refractivity contribution is 0.0628. The molecule has 0 spiro atoms. The highest BCUT2D eigenvalue weighted by Gasteiger charge is 2.32. The van der Waals surface area contributed by atoms with Gasteiger partial charge in [-0.25, -0.2) is 12.8 Å². The Labute approximate surface area is 161 Å². The van der Waals surface area contributed by atoms with Gasteiger partial charge in [0.25, 0.3) is 5.91 Å². The van der Waals surface area contributed by atoms with Crippen LogP contribution in [-0.4, -0.2) is 49.7 Å². The van der Waals surface area contributed by atoms with Crippen molar-refractivity contribution < 1.29 is 17.6 Å². The molecule has 2 fully saturated rings. The summed E-state index contributed by atoms with van der Waals surface area (Å²) in [6.45, 7) is 2.95. The number of halogens is 1. The third-order valence-electron chi connectivity index (χ3n) is 6.00. The molecule has 2 unspecified atom stereocenters. The van der Waals surface area contributed by atoms with Crippen molar-refractivity contribution in [3.63, 3.8) is 0 Å². The number of hydrogen-bond donors (Lipinski definition) is 0. The number of piperidine rings is 1. The fourth-order valence-corrected chi connectivity index (χ4v) is 5.91. The summed E-state index contributed by atoms with van der Waals surface area (Å²) < 4.78 is 41.4. The first-order chi connectivity index (χ1) is 12.8. The summed E-state index contributed by atoms with van der Waals surface area (Å²) in [6.07, 6.45) is 6.84. The summed E-state index contributed by atoms with van der Waals surface area (Å²) in [5.41, 5.74) is 0.229. The molecule has 1 amide bonds. The number of hydrogen-bond acceptors (Lipinski definition) is 3. The van der Waals surface area contributed by atoms with Crippen LogP contribution in [0.5, 0.6) is 0 Å². The summed E-state index contributed by atoms with van der Waals surface area (Å²) >= 11 is 0. The molecule has 0 radical (unpaired) electrons. The Kier molecular flexibility index (Phi) is 6.21. The first-order valence-corrected chi connectivity index (χ1v) is 11.3. The third kappa shape index (κ3) is 4.19. The van der Waals surface area contributed by atoms with Crippen LogP contribution in [0.4, 0.5) is 4.39 Å². The minimum absolute atomic E-state index is 0.137. The van der Waals surface area contributed by atoms with Gasteiger partial charge in [0.2, 0.25) is 10.0 Å². The van der Waals surface area contributed by atoms with Crippen LogP contribution in [0.1, 0.15) is 62.2 Å². The number of carbonyl (C=O) groups is 1. The van der Waals surface area contributed by atoms with Gasteiger partial charge in [0.1, 0.15) is 10.7 Å². The molecule has 150 valence electrons. The number of rotatable bonds is 4. The summed E-state index contributed by atoms with van der Waals surface area (Å²) in [4.78, 5) is 14.3. The van der Waals surface area contributed by atoms with Crippen LogP contribution in [0, 0.1) is 11.7 Å². The van der Waals surface area contributed by atoms with E-state index in [1.807, 2.05) is 0 Å². The molecule has 0 aromatic heterocycles. The smallest absolute Gasteiger partial charge is 0.253 e. The Hall–Kier alpha value is -1.47. The molecule has 5 nitrogen and oxygen atoms in total. The van der Waals surface area contributed by atoms with Gasteiger partial charge in [0.15, 0.2) is 0 Å². The molecular formula is C20H29FN2O3S. The summed E-state index contributed by atoms with van der Waals surface area (Å²) in [5, 5.41) is 0. The van der Waals surface area contributed by atoms with Gasteiger partial charge in [-0.15, -0.1) is 0 Å². The molecule has 0 N–H and O–H groups in total. The van der Waals surface area contributed by atoms with Crippen molar-refractivity contribution >= 4 is 15.9 Å². The highest BCUT2D eigenvalue weighted by molar-refractivity contribution is 7.89. The highest BCUT2D eigenvalue weighted by Crippen LogP contribution is 2.29. The Morgan fingerprint density at radius 3 is 2.44 bits per heavy atom. The number of amides is 1. The monoisotopic (exact) mass is 396 g/mol. The van der Waals surface area contributed by atoms with Gasteiger partial charge in [-0.1, -0.05) is 26.2 Å². The maximum atomic E-state index is 14.4. The number of nitrogens with zero attached hydrogens (tertiary/aromatic N) is 2. The fourth-order valence-electron chi connectivity index (χ4n) is 4.30. The normalized spacial score (nSPS) is 24.6. The molecular weight excluding hydrogens is 367 g/mol. The molecule has 1 saturated carbocycles. The van der Waals surface area contributed by atoms with E-state index in [2.05, 4.69) is 6.92 Å². The Balaban J connectivity index is 1.87. The highest BCUT2D eigenvalue weighted by atomic mass is 32.2. The van der Waals surface area contributed by atoms with Crippen LogP contribution < -0.4 is 0 Å². The maximum Gasteiger partial charge on any atom is 0.253 e. The minimum Gasteiger partial charge on any atom is -0.338 e. The van der Waals surface area contributed by atoms with Crippen molar-refractivity contribution in [2.75, 3.05) is 20.1 Å². The molecule has 7 heteroatoms. The molecule has 1 aliphatic heterocycles. The molecule has 2 atom stereocenters. The Bertz CT molecular complexity index is 790. The number of carbonyl (C=O) groups excluding carboxylic acids is 1. The van der Waals surface area contributed by atoms with Crippen LogP contribution in [0.15, 0.2) is 23.1 Å². The number of sulfonamides is 1. The molecule has 2 aliphatic rings. The van der Waals surface area contributed by atoms with Crippen LogP contribution in [0.25, 0.3) is 0 Å². The standard InChI is InChI=1S/C20H29FN2O3S/c1-15-8-4-5-9-18(15)22(2)20(24)16-10-11-17(21)19(14-16)27(25,26)23-12-6-3-7-13-23/h10-11,14-15,18H,3-9,12-13H2,1-2H3. The first-order valence-electron chi connectivity index (χ1n) is 9.89. The lowest BCUT2D eigenvalue weighted by Gasteiger charge is -2.36. The molecule has 1 saturated heterocycles. The zero-order valence-electron chi connectivity index (χ0n) is 16.2. The largest absolute Gasteiger partial charge is 0.338 e. The van der Waals surface area contributed by atoms with Crippen molar-refractivity contribution in [2.45, 2.75) is 62.8 Å². The summed E-state index contributed by atoms with van der Waals surface area (Å²) in [5.74, 6) is -0.639. The van der Waals surface area contributed by atoms with Gasteiger partial charge in [0.05, 0.1) is 0 Å². The molecule has 3 rings (SSSR count). The van der Waals surface area contributed by atoms with Gasteiger partial charge >= 0.3 is 0 Å². The summed E-state index contributed by atoms with van der Waals surface area (Å²) in [6, 6.07) is 3.84. The SMILES string of the molecule is CC1CCCCC1N(C)C(=O)c1ccc(F)c(S(=O)(=O)N2CCCCC2)c1. The van der Waals surface area contributed by atoms with E-state index in [0.717, 1.165) is 44.6 Å². The predicted octanol–water partition coefficient (Wildman–Crippen LogP) is 3.65. The molecule has 27 heavy (non-hydrogen) atoms. The average Bonchev–Trinajstić information content (AvgIpc) is 2.68. The third-order valence-corrected chi connectivity index (χ3v) is 7.91. The van der Waals surface area contributed by atoms with Crippen molar-refractivity contribution in [2.24, 2.45) is 5.92 Å². The van der Waals surface area contributed by atoms with Crippen LogP contribution in [0.2, 0.25) is 0 Å². The molecule has 1 heterocycles. The number of benzene rings is 1. The quantitative estimate of drug-likeness (QED) is 0.781. The van der Waals surface area contributed by atoms with Gasteiger partial charge in [0, 0.05) is 31.7 Å². The maximum absolute atomic E-state index is 14.4. The molecule has 1 aromatic carbocycles. The van der Waals surface area contributed by atoms with Gasteiger partial charge in [-0.2, -0.15) is 4.31 Å². The van der Waals surface area contributed by atoms with E-state index in [9.17, 15) is 17.6 Å². The predicted molar refractivity (Wildman–Crippen MR) is 103 cm³/mol. The van der Waals surface area contributed by atoms with Crippen molar-refractivity contribution in [3.05, 3.63) is 29.6 Å². The Morgan fingerprint density at radius 2 is 1.78 bits per heavy atom. The van der Waals surface area contributed by atoms with Gasteiger partial charge < -0.3 is 4.90 Å². The minimum atomic E-state index is -3.92. The van der Waals surface area contributed by atoms with Crippen molar-refractivity contribution in [3.8, 4) is 0 Å². The van der Waals surface area contributed by atoms with E-state index in [-0.39, 0.29) is 22.4 Å². The van der Waals surface area contributed by atoms with Crippen LogP contribution in [-0.2, 0) is 10.0 Å². The van der Waals surface area contributed by atoms with E-state index in [1.54, 1.807) is 11.9 Å². The molecule has 0 bridgehead atoms. The lowest BCUT2D eigenvalue weighted by atomic mass is 9.85. The second-order valence-electron chi connectivity index (χ2n) is 7.86. The van der Waals surface area contributed by atoms with E-state index < -0.39 is 15.8 Å². The van der Waals surface area contributed by atoms with Crippen molar-refractivity contribution in [1.82, 2.24) is 9.21 Å². The molecule has 1 aromatic rings. The Morgan fingerprint density at radius 1 is 1.11 bits per heavy atom. The zero-order valence-corrected chi connectivity index (χ0v) is 17.0. The fraction of sp³-hybridized carbons (Fsp3) is 0.650. The van der Waals surface area contributed by atoms with E-state index in [1.165, 1.54) is 22.9 Å². The second kappa shape index (κ2) is 8.27. The first kappa shape index (κ1) is 20.3. The van der Waals surface area contributed by atoms with Gasteiger partial charge in [-0.05, 0) is 49.8 Å². The lowest BCUT2D eigenvalue weighted by Crippen LogP contribution is -2.42. The average molecular weight is 397 g/mol. The molecule has 1 aliphatic carbocycles. The van der Waals surface area contributed by atoms with Crippen LogP contribution in [0.3, 0.4) is 0 Å². The second-order valence-corrected chi connectivity index (χ2v) is 9.76. The van der Waals surface area contributed by atoms with E-state index >= 15 is 0 Å².